The maximum absolute atomic E-state index is 6.01. The second-order valence-corrected chi connectivity index (χ2v) is 5.66. The molecule has 114 valence electrons. The van der Waals surface area contributed by atoms with Crippen molar-refractivity contribution in [1.29, 1.82) is 0 Å². The van der Waals surface area contributed by atoms with Gasteiger partial charge < -0.3 is 15.0 Å². The molecule has 2 N–H and O–H groups in total. The van der Waals surface area contributed by atoms with E-state index in [2.05, 4.69) is 22.3 Å². The number of nitrogen functional groups attached to an aromatic ring is 1. The standard InChI is InChI=1S/C15H16N4O2S/c1-20-12-6-4-11(5-7-12)8-10-22-15-18-17-14(19(15)16)13-3-2-9-21-13/h2-7,9H,8,10,16H2,1H3. The topological polar surface area (TPSA) is 79.1 Å². The highest BCUT2D eigenvalue weighted by atomic mass is 32.2. The maximum Gasteiger partial charge on any atom is 0.218 e. The zero-order valence-corrected chi connectivity index (χ0v) is 12.9. The minimum Gasteiger partial charge on any atom is -0.497 e. The van der Waals surface area contributed by atoms with Gasteiger partial charge in [0.15, 0.2) is 5.76 Å². The number of rotatable bonds is 6. The number of furan rings is 1. The van der Waals surface area contributed by atoms with Gasteiger partial charge in [0.1, 0.15) is 5.75 Å². The molecule has 0 radical (unpaired) electrons. The van der Waals surface area contributed by atoms with Crippen LogP contribution in [0.4, 0.5) is 0 Å². The molecule has 0 amide bonds. The lowest BCUT2D eigenvalue weighted by atomic mass is 10.2. The molecule has 0 atom stereocenters. The van der Waals surface area contributed by atoms with E-state index in [0.717, 1.165) is 17.9 Å². The van der Waals surface area contributed by atoms with Crippen molar-refractivity contribution in [2.45, 2.75) is 11.6 Å². The lowest BCUT2D eigenvalue weighted by Crippen LogP contribution is -2.11. The summed E-state index contributed by atoms with van der Waals surface area (Å²) < 4.78 is 11.9. The summed E-state index contributed by atoms with van der Waals surface area (Å²) in [5, 5.41) is 8.83. The Balaban J connectivity index is 1.60. The van der Waals surface area contributed by atoms with Crippen molar-refractivity contribution >= 4 is 11.8 Å². The van der Waals surface area contributed by atoms with Gasteiger partial charge in [-0.05, 0) is 36.2 Å². The first-order chi connectivity index (χ1) is 10.8. The van der Waals surface area contributed by atoms with E-state index in [1.54, 1.807) is 37.3 Å². The predicted molar refractivity (Wildman–Crippen MR) is 85.3 cm³/mol. The fourth-order valence-electron chi connectivity index (χ4n) is 2.00. The first-order valence-corrected chi connectivity index (χ1v) is 7.76. The smallest absolute Gasteiger partial charge is 0.218 e. The van der Waals surface area contributed by atoms with Crippen LogP contribution in [0.2, 0.25) is 0 Å². The van der Waals surface area contributed by atoms with Gasteiger partial charge in [-0.25, -0.2) is 4.68 Å². The molecule has 7 heteroatoms. The van der Waals surface area contributed by atoms with Gasteiger partial charge in [0.2, 0.25) is 11.0 Å². The minimum absolute atomic E-state index is 0.525. The first-order valence-electron chi connectivity index (χ1n) is 6.78. The number of aryl methyl sites for hydroxylation is 1. The largest absolute Gasteiger partial charge is 0.497 e. The minimum atomic E-state index is 0.525. The molecule has 0 aliphatic carbocycles. The summed E-state index contributed by atoms with van der Waals surface area (Å²) in [5.41, 5.74) is 1.24. The Morgan fingerprint density at radius 3 is 2.73 bits per heavy atom. The predicted octanol–water partition coefficient (Wildman–Crippen LogP) is 2.60. The van der Waals surface area contributed by atoms with Gasteiger partial charge in [-0.1, -0.05) is 23.9 Å². The monoisotopic (exact) mass is 316 g/mol. The third-order valence-electron chi connectivity index (χ3n) is 3.19. The summed E-state index contributed by atoms with van der Waals surface area (Å²) in [6.45, 7) is 0. The summed E-state index contributed by atoms with van der Waals surface area (Å²) in [5.74, 6) is 8.86. The Hall–Kier alpha value is -2.41. The number of aromatic nitrogens is 3. The number of hydrogen-bond donors (Lipinski definition) is 1. The summed E-state index contributed by atoms with van der Waals surface area (Å²) in [7, 11) is 1.66. The van der Waals surface area contributed by atoms with Crippen LogP contribution in [-0.4, -0.2) is 27.7 Å². The average Bonchev–Trinajstić information content (AvgIpc) is 3.18. The third-order valence-corrected chi connectivity index (χ3v) is 4.13. The third kappa shape index (κ3) is 3.09. The molecule has 0 bridgehead atoms. The lowest BCUT2D eigenvalue weighted by molar-refractivity contribution is 0.414. The number of nitrogens with two attached hydrogens (primary N) is 1. The molecule has 2 heterocycles. The van der Waals surface area contributed by atoms with E-state index in [0.29, 0.717) is 16.7 Å². The summed E-state index contributed by atoms with van der Waals surface area (Å²) in [6.07, 6.45) is 2.50. The van der Waals surface area contributed by atoms with Crippen LogP contribution in [0.1, 0.15) is 5.56 Å². The molecule has 3 rings (SSSR count). The van der Waals surface area contributed by atoms with Gasteiger partial charge in [0.25, 0.3) is 0 Å². The molecule has 22 heavy (non-hydrogen) atoms. The first kappa shape index (κ1) is 14.5. The Labute approximate surface area is 132 Å². The van der Waals surface area contributed by atoms with Crippen LogP contribution in [0.25, 0.3) is 11.6 Å². The summed E-state index contributed by atoms with van der Waals surface area (Å²) >= 11 is 1.56. The SMILES string of the molecule is COc1ccc(CCSc2nnc(-c3ccco3)n2N)cc1. The van der Waals surface area contributed by atoms with Crippen LogP contribution in [0, 0.1) is 0 Å². The molecule has 6 nitrogen and oxygen atoms in total. The molecule has 3 aromatic rings. The molecule has 2 aromatic heterocycles. The zero-order chi connectivity index (χ0) is 15.4. The van der Waals surface area contributed by atoms with E-state index in [9.17, 15) is 0 Å². The van der Waals surface area contributed by atoms with Crippen LogP contribution < -0.4 is 10.6 Å². The van der Waals surface area contributed by atoms with Crippen LogP contribution in [0.15, 0.2) is 52.2 Å². The lowest BCUT2D eigenvalue weighted by Gasteiger charge is -2.04. The van der Waals surface area contributed by atoms with Crippen LogP contribution in [0.3, 0.4) is 0 Å². The van der Waals surface area contributed by atoms with Crippen molar-refractivity contribution < 1.29 is 9.15 Å². The Bertz CT molecular complexity index is 723. The second-order valence-electron chi connectivity index (χ2n) is 4.60. The highest BCUT2D eigenvalue weighted by Crippen LogP contribution is 2.22. The quantitative estimate of drug-likeness (QED) is 0.556. The Morgan fingerprint density at radius 2 is 2.05 bits per heavy atom. The molecule has 0 aliphatic rings. The number of ether oxygens (including phenoxy) is 1. The highest BCUT2D eigenvalue weighted by molar-refractivity contribution is 7.99. The van der Waals surface area contributed by atoms with Crippen LogP contribution in [0.5, 0.6) is 5.75 Å². The molecule has 0 fully saturated rings. The molecule has 0 unspecified atom stereocenters. The van der Waals surface area contributed by atoms with E-state index in [1.807, 2.05) is 12.1 Å². The molecule has 1 aromatic carbocycles. The van der Waals surface area contributed by atoms with Gasteiger partial charge in [-0.3, -0.25) is 0 Å². The number of hydrogen-bond acceptors (Lipinski definition) is 6. The van der Waals surface area contributed by atoms with Crippen LogP contribution >= 0.6 is 11.8 Å². The van der Waals surface area contributed by atoms with E-state index in [1.165, 1.54) is 10.2 Å². The van der Waals surface area contributed by atoms with E-state index < -0.39 is 0 Å². The number of thioether (sulfide) groups is 1. The normalized spacial score (nSPS) is 10.8. The van der Waals surface area contributed by atoms with Gasteiger partial charge >= 0.3 is 0 Å². The number of benzene rings is 1. The molecule has 0 spiro atoms. The average molecular weight is 316 g/mol. The fraction of sp³-hybridized carbons (Fsp3) is 0.200. The van der Waals surface area contributed by atoms with Crippen molar-refractivity contribution in [3.8, 4) is 17.3 Å². The Kier molecular flexibility index (Phi) is 4.34. The van der Waals surface area contributed by atoms with Gasteiger partial charge in [0, 0.05) is 5.75 Å². The van der Waals surface area contributed by atoms with E-state index >= 15 is 0 Å². The summed E-state index contributed by atoms with van der Waals surface area (Å²) in [6, 6.07) is 11.6. The molecule has 0 aliphatic heterocycles. The van der Waals surface area contributed by atoms with Crippen molar-refractivity contribution in [3.63, 3.8) is 0 Å². The highest BCUT2D eigenvalue weighted by Gasteiger charge is 2.13. The molecular weight excluding hydrogens is 300 g/mol. The molecular formula is C15H16N4O2S. The second kappa shape index (κ2) is 6.57. The van der Waals surface area contributed by atoms with Gasteiger partial charge in [-0.15, -0.1) is 10.2 Å². The maximum atomic E-state index is 6.01. The van der Waals surface area contributed by atoms with Crippen molar-refractivity contribution in [2.75, 3.05) is 18.7 Å². The number of nitrogens with zero attached hydrogens (tertiary/aromatic N) is 3. The van der Waals surface area contributed by atoms with Crippen molar-refractivity contribution in [3.05, 3.63) is 48.2 Å². The fourth-order valence-corrected chi connectivity index (χ4v) is 2.85. The van der Waals surface area contributed by atoms with E-state index in [-0.39, 0.29) is 0 Å². The van der Waals surface area contributed by atoms with Gasteiger partial charge in [0.05, 0.1) is 13.4 Å². The summed E-state index contributed by atoms with van der Waals surface area (Å²) in [4.78, 5) is 0. The van der Waals surface area contributed by atoms with Gasteiger partial charge in [-0.2, -0.15) is 0 Å². The van der Waals surface area contributed by atoms with E-state index in [4.69, 9.17) is 15.0 Å². The Morgan fingerprint density at radius 1 is 1.23 bits per heavy atom. The van der Waals surface area contributed by atoms with Crippen molar-refractivity contribution in [1.82, 2.24) is 14.9 Å². The van der Waals surface area contributed by atoms with Crippen LogP contribution in [-0.2, 0) is 6.42 Å². The molecule has 0 saturated carbocycles. The van der Waals surface area contributed by atoms with Crippen molar-refractivity contribution in [2.24, 2.45) is 0 Å². The number of methoxy groups -OCH3 is 1. The zero-order valence-electron chi connectivity index (χ0n) is 12.1. The molecule has 0 saturated heterocycles.